The normalized spacial score (nSPS) is 17.2. The van der Waals surface area contributed by atoms with Crippen molar-refractivity contribution in [2.24, 2.45) is 16.3 Å². The fourth-order valence-electron chi connectivity index (χ4n) is 1.81. The van der Waals surface area contributed by atoms with Gasteiger partial charge in [-0.15, -0.1) is 13.2 Å². The van der Waals surface area contributed by atoms with Crippen LogP contribution in [0.5, 0.6) is 5.75 Å². The average Bonchev–Trinajstić information content (AvgIpc) is 3.20. The number of amides is 1. The van der Waals surface area contributed by atoms with E-state index in [2.05, 4.69) is 15.2 Å². The summed E-state index contributed by atoms with van der Waals surface area (Å²) in [5.41, 5.74) is 4.71. The van der Waals surface area contributed by atoms with Crippen LogP contribution in [0, 0.1) is 5.41 Å². The van der Waals surface area contributed by atoms with Crippen LogP contribution in [0.2, 0.25) is 0 Å². The van der Waals surface area contributed by atoms with E-state index in [-0.39, 0.29) is 11.5 Å². The summed E-state index contributed by atoms with van der Waals surface area (Å²) in [5, 5.41) is 14.0. The third kappa shape index (κ3) is 3.36. The number of amidine groups is 1. The van der Waals surface area contributed by atoms with Crippen LogP contribution in [0.25, 0.3) is 0 Å². The van der Waals surface area contributed by atoms with Crippen molar-refractivity contribution < 1.29 is 27.9 Å². The van der Waals surface area contributed by atoms with Gasteiger partial charge in [-0.3, -0.25) is 4.79 Å². The molecule has 1 saturated carbocycles. The second kappa shape index (κ2) is 5.15. The van der Waals surface area contributed by atoms with Crippen LogP contribution in [-0.4, -0.2) is 23.3 Å². The molecule has 4 N–H and O–H groups in total. The molecule has 1 aliphatic carbocycles. The van der Waals surface area contributed by atoms with Gasteiger partial charge in [-0.05, 0) is 37.1 Å². The van der Waals surface area contributed by atoms with E-state index in [4.69, 9.17) is 10.9 Å². The van der Waals surface area contributed by atoms with E-state index in [0.717, 1.165) is 12.1 Å². The Morgan fingerprint density at radius 2 is 1.90 bits per heavy atom. The maximum atomic E-state index is 12.0. The molecule has 1 amide bonds. The van der Waals surface area contributed by atoms with Gasteiger partial charge in [0.05, 0.1) is 0 Å². The summed E-state index contributed by atoms with van der Waals surface area (Å²) in [7, 11) is 0. The lowest BCUT2D eigenvalue weighted by Crippen LogP contribution is -2.36. The van der Waals surface area contributed by atoms with Crippen molar-refractivity contribution in [2.45, 2.75) is 19.2 Å². The van der Waals surface area contributed by atoms with Crippen LogP contribution >= 0.6 is 0 Å². The number of nitrogens with one attached hydrogen (secondary N) is 1. The number of oxime groups is 1. The third-order valence-corrected chi connectivity index (χ3v) is 3.13. The number of carbonyl (C=O) groups is 1. The maximum absolute atomic E-state index is 12.0. The highest BCUT2D eigenvalue weighted by Crippen LogP contribution is 2.46. The third-order valence-electron chi connectivity index (χ3n) is 3.13. The average molecular weight is 303 g/mol. The van der Waals surface area contributed by atoms with Crippen molar-refractivity contribution >= 4 is 17.4 Å². The van der Waals surface area contributed by atoms with Gasteiger partial charge >= 0.3 is 6.36 Å². The van der Waals surface area contributed by atoms with Crippen molar-refractivity contribution in [3.8, 4) is 5.75 Å². The predicted molar refractivity (Wildman–Crippen MR) is 66.8 cm³/mol. The Hall–Kier alpha value is -2.45. The van der Waals surface area contributed by atoms with Crippen LogP contribution in [0.4, 0.5) is 18.9 Å². The standard InChI is InChI=1S/C12H12F3N3O3/c13-12(14,15)21-8-3-1-7(2-4-8)17-10(19)11(5-6-11)9(16)18-20/h1-4,20H,5-6H2,(H2,16,18)(H,17,19). The van der Waals surface area contributed by atoms with E-state index in [1.54, 1.807) is 0 Å². The quantitative estimate of drug-likeness (QED) is 0.343. The SMILES string of the molecule is N/C(=N/O)C1(C(=O)Nc2ccc(OC(F)(F)F)cc2)CC1. The number of benzene rings is 1. The maximum Gasteiger partial charge on any atom is 0.573 e. The number of nitrogens with zero attached hydrogens (tertiary/aromatic N) is 1. The number of hydrogen-bond acceptors (Lipinski definition) is 4. The second-order valence-electron chi connectivity index (χ2n) is 4.59. The minimum Gasteiger partial charge on any atom is -0.409 e. The van der Waals surface area contributed by atoms with E-state index in [9.17, 15) is 18.0 Å². The van der Waals surface area contributed by atoms with Crippen LogP contribution in [-0.2, 0) is 4.79 Å². The number of halogens is 3. The zero-order valence-corrected chi connectivity index (χ0v) is 10.6. The molecule has 21 heavy (non-hydrogen) atoms. The summed E-state index contributed by atoms with van der Waals surface area (Å²) in [6.45, 7) is 0. The predicted octanol–water partition coefficient (Wildman–Crippen LogP) is 2.05. The first-order chi connectivity index (χ1) is 9.77. The van der Waals surface area contributed by atoms with Crippen molar-refractivity contribution in [1.82, 2.24) is 0 Å². The van der Waals surface area contributed by atoms with Crippen molar-refractivity contribution in [2.75, 3.05) is 5.32 Å². The highest BCUT2D eigenvalue weighted by molar-refractivity contribution is 6.14. The number of rotatable bonds is 4. The van der Waals surface area contributed by atoms with E-state index in [0.29, 0.717) is 12.8 Å². The summed E-state index contributed by atoms with van der Waals surface area (Å²) in [6, 6.07) is 4.68. The first-order valence-electron chi connectivity index (χ1n) is 5.92. The van der Waals surface area contributed by atoms with E-state index in [1.807, 2.05) is 0 Å². The molecule has 6 nitrogen and oxygen atoms in total. The van der Waals surface area contributed by atoms with E-state index >= 15 is 0 Å². The van der Waals surface area contributed by atoms with E-state index in [1.165, 1.54) is 12.1 Å². The summed E-state index contributed by atoms with van der Waals surface area (Å²) in [4.78, 5) is 12.0. The second-order valence-corrected chi connectivity index (χ2v) is 4.59. The fourth-order valence-corrected chi connectivity index (χ4v) is 1.81. The Balaban J connectivity index is 2.03. The molecule has 0 aromatic heterocycles. The van der Waals surface area contributed by atoms with Gasteiger partial charge in [0.1, 0.15) is 11.2 Å². The Labute approximate surface area is 117 Å². The minimum atomic E-state index is -4.77. The number of anilines is 1. The number of alkyl halides is 3. The van der Waals surface area contributed by atoms with Crippen molar-refractivity contribution in [3.63, 3.8) is 0 Å². The molecule has 0 unspecified atom stereocenters. The molecule has 0 bridgehead atoms. The van der Waals surface area contributed by atoms with Gasteiger partial charge in [-0.25, -0.2) is 0 Å². The highest BCUT2D eigenvalue weighted by Gasteiger charge is 2.54. The lowest BCUT2D eigenvalue weighted by molar-refractivity contribution is -0.274. The minimum absolute atomic E-state index is 0.183. The van der Waals surface area contributed by atoms with Crippen molar-refractivity contribution in [1.29, 1.82) is 0 Å². The Morgan fingerprint density at radius 3 is 2.33 bits per heavy atom. The highest BCUT2D eigenvalue weighted by atomic mass is 19.4. The van der Waals surface area contributed by atoms with Gasteiger partial charge < -0.3 is 21.0 Å². The lowest BCUT2D eigenvalue weighted by Gasteiger charge is -2.14. The molecular weight excluding hydrogens is 291 g/mol. The van der Waals surface area contributed by atoms with Crippen LogP contribution in [0.3, 0.4) is 0 Å². The van der Waals surface area contributed by atoms with Gasteiger partial charge in [0.25, 0.3) is 0 Å². The number of nitrogens with two attached hydrogens (primary N) is 1. The Bertz CT molecular complexity index is 565. The van der Waals surface area contributed by atoms with Gasteiger partial charge in [0.2, 0.25) is 5.91 Å². The van der Waals surface area contributed by atoms with Gasteiger partial charge in [0, 0.05) is 5.69 Å². The summed E-state index contributed by atoms with van der Waals surface area (Å²) < 4.78 is 39.7. The summed E-state index contributed by atoms with van der Waals surface area (Å²) >= 11 is 0. The summed E-state index contributed by atoms with van der Waals surface area (Å²) in [5.74, 6) is -1.04. The van der Waals surface area contributed by atoms with E-state index < -0.39 is 23.4 Å². The molecule has 1 aromatic rings. The van der Waals surface area contributed by atoms with Gasteiger partial charge in [-0.2, -0.15) is 0 Å². The van der Waals surface area contributed by atoms with Crippen LogP contribution in [0.15, 0.2) is 29.4 Å². The molecule has 114 valence electrons. The van der Waals surface area contributed by atoms with Gasteiger partial charge in [0.15, 0.2) is 5.84 Å². The fraction of sp³-hybridized carbons (Fsp3) is 0.333. The molecule has 0 heterocycles. The number of carbonyl (C=O) groups excluding carboxylic acids is 1. The monoisotopic (exact) mass is 303 g/mol. The largest absolute Gasteiger partial charge is 0.573 e. The van der Waals surface area contributed by atoms with Crippen LogP contribution in [0.1, 0.15) is 12.8 Å². The van der Waals surface area contributed by atoms with Crippen LogP contribution < -0.4 is 15.8 Å². The molecule has 0 spiro atoms. The first kappa shape index (κ1) is 14.9. The zero-order chi connectivity index (χ0) is 15.7. The number of ether oxygens (including phenoxy) is 1. The number of hydrogen-bond donors (Lipinski definition) is 3. The molecule has 0 radical (unpaired) electrons. The lowest BCUT2D eigenvalue weighted by atomic mass is 10.1. The van der Waals surface area contributed by atoms with Crippen molar-refractivity contribution in [3.05, 3.63) is 24.3 Å². The smallest absolute Gasteiger partial charge is 0.409 e. The Morgan fingerprint density at radius 1 is 1.33 bits per heavy atom. The molecule has 1 aliphatic rings. The molecule has 9 heteroatoms. The molecule has 1 aromatic carbocycles. The summed E-state index contributed by atoms with van der Waals surface area (Å²) in [6.07, 6.45) is -3.87. The molecule has 0 atom stereocenters. The zero-order valence-electron chi connectivity index (χ0n) is 10.6. The van der Waals surface area contributed by atoms with Gasteiger partial charge in [-0.1, -0.05) is 5.16 Å². The topological polar surface area (TPSA) is 96.9 Å². The molecular formula is C12H12F3N3O3. The first-order valence-corrected chi connectivity index (χ1v) is 5.92. The molecule has 0 aliphatic heterocycles. The molecule has 2 rings (SSSR count). The Kier molecular flexibility index (Phi) is 3.67. The molecule has 1 fully saturated rings. The molecule has 0 saturated heterocycles.